The second-order valence-corrected chi connectivity index (χ2v) is 6.01. The first kappa shape index (κ1) is 12.7. The molecule has 1 aliphatic heterocycles. The Kier molecular flexibility index (Phi) is 3.31. The first-order valence-electron chi connectivity index (χ1n) is 7.27. The third-order valence-electron chi connectivity index (χ3n) is 4.76. The van der Waals surface area contributed by atoms with Gasteiger partial charge in [0.25, 0.3) is 0 Å². The Hall–Kier alpha value is -1.35. The van der Waals surface area contributed by atoms with Crippen molar-refractivity contribution in [3.05, 3.63) is 35.9 Å². The molecule has 1 saturated heterocycles. The number of benzene rings is 1. The van der Waals surface area contributed by atoms with Crippen molar-refractivity contribution in [1.82, 2.24) is 10.6 Å². The summed E-state index contributed by atoms with van der Waals surface area (Å²) in [5.74, 6) is 0.499. The lowest BCUT2D eigenvalue weighted by molar-refractivity contribution is -0.123. The van der Waals surface area contributed by atoms with Gasteiger partial charge in [0.15, 0.2) is 0 Å². The van der Waals surface area contributed by atoms with Gasteiger partial charge in [0.2, 0.25) is 5.91 Å². The third kappa shape index (κ3) is 2.52. The molecule has 2 fully saturated rings. The van der Waals surface area contributed by atoms with Gasteiger partial charge in [0.1, 0.15) is 0 Å². The van der Waals surface area contributed by atoms with Crippen LogP contribution in [0.25, 0.3) is 0 Å². The zero-order valence-corrected chi connectivity index (χ0v) is 11.5. The van der Waals surface area contributed by atoms with E-state index in [4.69, 9.17) is 0 Å². The molecule has 102 valence electrons. The van der Waals surface area contributed by atoms with E-state index in [-0.39, 0.29) is 17.9 Å². The fraction of sp³-hybridized carbons (Fsp3) is 0.562. The molecule has 2 N–H and O–H groups in total. The molecule has 1 unspecified atom stereocenters. The van der Waals surface area contributed by atoms with Gasteiger partial charge in [0, 0.05) is 5.92 Å². The normalized spacial score (nSPS) is 25.8. The number of carbonyl (C=O) groups is 1. The van der Waals surface area contributed by atoms with Gasteiger partial charge >= 0.3 is 0 Å². The predicted molar refractivity (Wildman–Crippen MR) is 75.6 cm³/mol. The van der Waals surface area contributed by atoms with Gasteiger partial charge in [-0.1, -0.05) is 30.3 Å². The van der Waals surface area contributed by atoms with Crippen LogP contribution in [0.5, 0.6) is 0 Å². The Morgan fingerprint density at radius 2 is 2.00 bits per heavy atom. The molecule has 3 heteroatoms. The van der Waals surface area contributed by atoms with E-state index in [1.54, 1.807) is 0 Å². The maximum absolute atomic E-state index is 12.3. The second-order valence-electron chi connectivity index (χ2n) is 6.01. The third-order valence-corrected chi connectivity index (χ3v) is 4.76. The average molecular weight is 258 g/mol. The van der Waals surface area contributed by atoms with Crippen LogP contribution in [0.2, 0.25) is 0 Å². The van der Waals surface area contributed by atoms with Crippen LogP contribution in [0.4, 0.5) is 0 Å². The smallest absolute Gasteiger partial charge is 0.224 e. The van der Waals surface area contributed by atoms with Gasteiger partial charge in [-0.3, -0.25) is 4.79 Å². The van der Waals surface area contributed by atoms with Crippen molar-refractivity contribution in [2.75, 3.05) is 13.1 Å². The number of nitrogens with one attached hydrogen (secondary N) is 2. The van der Waals surface area contributed by atoms with E-state index in [9.17, 15) is 4.79 Å². The lowest BCUT2D eigenvalue weighted by atomic mass is 9.91. The molecule has 1 saturated carbocycles. The number of rotatable bonds is 3. The van der Waals surface area contributed by atoms with Crippen molar-refractivity contribution in [3.8, 4) is 0 Å². The van der Waals surface area contributed by atoms with E-state index in [0.29, 0.717) is 5.41 Å². The van der Waals surface area contributed by atoms with E-state index in [2.05, 4.69) is 29.7 Å². The topological polar surface area (TPSA) is 41.1 Å². The van der Waals surface area contributed by atoms with Crippen molar-refractivity contribution in [2.24, 2.45) is 11.3 Å². The first-order chi connectivity index (χ1) is 9.21. The van der Waals surface area contributed by atoms with Crippen LogP contribution in [0, 0.1) is 11.3 Å². The van der Waals surface area contributed by atoms with Gasteiger partial charge in [-0.2, -0.15) is 0 Å². The van der Waals surface area contributed by atoms with Crippen molar-refractivity contribution in [3.63, 3.8) is 0 Å². The fourth-order valence-corrected chi connectivity index (χ4v) is 3.33. The lowest BCUT2D eigenvalue weighted by Gasteiger charge is -2.23. The molecule has 2 aliphatic rings. The molecule has 1 heterocycles. The molecule has 1 spiro atoms. The highest BCUT2D eigenvalue weighted by molar-refractivity contribution is 5.83. The molecule has 1 aromatic rings. The maximum Gasteiger partial charge on any atom is 0.224 e. The summed E-state index contributed by atoms with van der Waals surface area (Å²) in [6.45, 7) is 4.20. The second kappa shape index (κ2) is 4.97. The minimum Gasteiger partial charge on any atom is -0.349 e. The SMILES string of the molecule is C[C@@H](NC(=O)C1CC12CCNCC2)c1ccccc1. The Balaban J connectivity index is 1.58. The standard InChI is InChI=1S/C16H22N2O/c1-12(13-5-3-2-4-6-13)18-15(19)14-11-16(14)7-9-17-10-8-16/h2-6,12,14,17H,7-11H2,1H3,(H,18,19)/t12-,14?/m1/s1. The molecule has 1 aliphatic carbocycles. The van der Waals surface area contributed by atoms with Gasteiger partial charge in [-0.15, -0.1) is 0 Å². The summed E-state index contributed by atoms with van der Waals surface area (Å²) in [4.78, 5) is 12.3. The highest BCUT2D eigenvalue weighted by Gasteiger charge is 2.57. The van der Waals surface area contributed by atoms with Crippen LogP contribution in [-0.4, -0.2) is 19.0 Å². The van der Waals surface area contributed by atoms with Crippen LogP contribution in [0.15, 0.2) is 30.3 Å². The Morgan fingerprint density at radius 1 is 1.32 bits per heavy atom. The van der Waals surface area contributed by atoms with Gasteiger partial charge in [0.05, 0.1) is 6.04 Å². The minimum absolute atomic E-state index is 0.105. The summed E-state index contributed by atoms with van der Waals surface area (Å²) in [5.41, 5.74) is 1.50. The molecule has 1 aromatic carbocycles. The van der Waals surface area contributed by atoms with Crippen LogP contribution >= 0.6 is 0 Å². The Labute approximate surface area is 114 Å². The van der Waals surface area contributed by atoms with Gasteiger partial charge < -0.3 is 10.6 Å². The Bertz CT molecular complexity index is 451. The minimum atomic E-state index is 0.105. The number of piperidine rings is 1. The molecule has 3 rings (SSSR count). The van der Waals surface area contributed by atoms with E-state index in [1.807, 2.05) is 18.2 Å². The summed E-state index contributed by atoms with van der Waals surface area (Å²) in [6.07, 6.45) is 3.40. The van der Waals surface area contributed by atoms with Crippen molar-refractivity contribution in [1.29, 1.82) is 0 Å². The van der Waals surface area contributed by atoms with Crippen LogP contribution in [-0.2, 0) is 4.79 Å². The highest BCUT2D eigenvalue weighted by atomic mass is 16.2. The number of hydrogen-bond acceptors (Lipinski definition) is 2. The number of hydrogen-bond donors (Lipinski definition) is 2. The molecule has 0 radical (unpaired) electrons. The molecular formula is C16H22N2O. The highest BCUT2D eigenvalue weighted by Crippen LogP contribution is 2.58. The van der Waals surface area contributed by atoms with Crippen molar-refractivity contribution in [2.45, 2.75) is 32.2 Å². The average Bonchev–Trinajstić information content (AvgIpc) is 3.14. The molecule has 19 heavy (non-hydrogen) atoms. The molecule has 2 atom stereocenters. The summed E-state index contributed by atoms with van der Waals surface area (Å²) in [7, 11) is 0. The van der Waals surface area contributed by atoms with Gasteiger partial charge in [-0.25, -0.2) is 0 Å². The summed E-state index contributed by atoms with van der Waals surface area (Å²) < 4.78 is 0. The summed E-state index contributed by atoms with van der Waals surface area (Å²) in [5, 5.41) is 6.55. The molecule has 3 nitrogen and oxygen atoms in total. The van der Waals surface area contributed by atoms with Crippen LogP contribution in [0.3, 0.4) is 0 Å². The maximum atomic E-state index is 12.3. The number of carbonyl (C=O) groups excluding carboxylic acids is 1. The largest absolute Gasteiger partial charge is 0.349 e. The summed E-state index contributed by atoms with van der Waals surface area (Å²) >= 11 is 0. The van der Waals surface area contributed by atoms with E-state index >= 15 is 0 Å². The number of amides is 1. The van der Waals surface area contributed by atoms with Gasteiger partial charge in [-0.05, 0) is 50.3 Å². The van der Waals surface area contributed by atoms with E-state index in [1.165, 1.54) is 5.56 Å². The van der Waals surface area contributed by atoms with Crippen molar-refractivity contribution >= 4 is 5.91 Å². The van der Waals surface area contributed by atoms with Crippen molar-refractivity contribution < 1.29 is 4.79 Å². The quantitative estimate of drug-likeness (QED) is 0.873. The lowest BCUT2D eigenvalue weighted by Crippen LogP contribution is -2.34. The molecular weight excluding hydrogens is 236 g/mol. The van der Waals surface area contributed by atoms with E-state index < -0.39 is 0 Å². The zero-order valence-electron chi connectivity index (χ0n) is 11.5. The van der Waals surface area contributed by atoms with E-state index in [0.717, 1.165) is 32.4 Å². The molecule has 0 bridgehead atoms. The zero-order chi connectivity index (χ0) is 13.3. The predicted octanol–water partition coefficient (Wildman–Crippen LogP) is 2.25. The summed E-state index contributed by atoms with van der Waals surface area (Å²) in [6, 6.07) is 10.3. The Morgan fingerprint density at radius 3 is 2.68 bits per heavy atom. The van der Waals surface area contributed by atoms with Crippen LogP contribution in [0.1, 0.15) is 37.8 Å². The van der Waals surface area contributed by atoms with Crippen LogP contribution < -0.4 is 10.6 Å². The fourth-order valence-electron chi connectivity index (χ4n) is 3.33. The first-order valence-corrected chi connectivity index (χ1v) is 7.27. The monoisotopic (exact) mass is 258 g/mol. The molecule has 0 aromatic heterocycles. The molecule has 1 amide bonds.